The van der Waals surface area contributed by atoms with Crippen LogP contribution in [0.1, 0.15) is 36.7 Å². The van der Waals surface area contributed by atoms with Crippen LogP contribution in [0.5, 0.6) is 0 Å². The van der Waals surface area contributed by atoms with Crippen molar-refractivity contribution in [3.8, 4) is 0 Å². The number of anilines is 2. The lowest BCUT2D eigenvalue weighted by molar-refractivity contribution is 0.0947. The molecule has 0 aliphatic heterocycles. The lowest BCUT2D eigenvalue weighted by Crippen LogP contribution is -2.25. The highest BCUT2D eigenvalue weighted by atomic mass is 19.1. The number of hydrogen-bond acceptors (Lipinski definition) is 4. The average molecular weight is 302 g/mol. The third-order valence-corrected chi connectivity index (χ3v) is 3.10. The summed E-state index contributed by atoms with van der Waals surface area (Å²) < 4.78 is 13.5. The molecule has 0 spiro atoms. The van der Waals surface area contributed by atoms with Crippen LogP contribution in [-0.2, 0) is 0 Å². The molecule has 116 valence electrons. The van der Waals surface area contributed by atoms with E-state index in [2.05, 4.69) is 27.8 Å². The van der Waals surface area contributed by atoms with E-state index >= 15 is 0 Å². The summed E-state index contributed by atoms with van der Waals surface area (Å²) in [6.07, 6.45) is 3.13. The molecule has 0 radical (unpaired) electrons. The third kappa shape index (κ3) is 4.51. The third-order valence-electron chi connectivity index (χ3n) is 3.10. The van der Waals surface area contributed by atoms with E-state index in [0.717, 1.165) is 19.3 Å². The van der Waals surface area contributed by atoms with Gasteiger partial charge in [0.25, 0.3) is 5.91 Å². The monoisotopic (exact) mass is 302 g/mol. The van der Waals surface area contributed by atoms with Gasteiger partial charge >= 0.3 is 0 Å². The minimum Gasteiger partial charge on any atom is -0.351 e. The van der Waals surface area contributed by atoms with Crippen molar-refractivity contribution in [2.24, 2.45) is 0 Å². The Balaban J connectivity index is 1.92. The van der Waals surface area contributed by atoms with E-state index in [4.69, 9.17) is 0 Å². The Morgan fingerprint density at radius 3 is 2.64 bits per heavy atom. The average Bonchev–Trinajstić information content (AvgIpc) is 2.54. The Morgan fingerprint density at radius 1 is 1.14 bits per heavy atom. The van der Waals surface area contributed by atoms with Gasteiger partial charge in [0, 0.05) is 6.54 Å². The molecule has 6 heteroatoms. The fraction of sp³-hybridized carbons (Fsp3) is 0.312. The van der Waals surface area contributed by atoms with Crippen molar-refractivity contribution < 1.29 is 9.18 Å². The predicted molar refractivity (Wildman–Crippen MR) is 83.6 cm³/mol. The molecular weight excluding hydrogens is 283 g/mol. The van der Waals surface area contributed by atoms with Gasteiger partial charge in [0.1, 0.15) is 5.82 Å². The summed E-state index contributed by atoms with van der Waals surface area (Å²) >= 11 is 0. The number of carbonyl (C=O) groups is 1. The summed E-state index contributed by atoms with van der Waals surface area (Å²) in [4.78, 5) is 11.8. The Hall–Kier alpha value is -2.50. The van der Waals surface area contributed by atoms with E-state index in [-0.39, 0.29) is 17.4 Å². The largest absolute Gasteiger partial charge is 0.351 e. The Kier molecular flexibility index (Phi) is 5.82. The van der Waals surface area contributed by atoms with Crippen LogP contribution in [0.25, 0.3) is 0 Å². The topological polar surface area (TPSA) is 66.9 Å². The van der Waals surface area contributed by atoms with Gasteiger partial charge in [-0.25, -0.2) is 4.39 Å². The lowest BCUT2D eigenvalue weighted by atomic mass is 10.2. The van der Waals surface area contributed by atoms with Crippen LogP contribution in [0.15, 0.2) is 36.4 Å². The normalized spacial score (nSPS) is 10.3. The molecule has 2 rings (SSSR count). The van der Waals surface area contributed by atoms with Gasteiger partial charge in [-0.3, -0.25) is 4.79 Å². The maximum Gasteiger partial charge on any atom is 0.271 e. The highest BCUT2D eigenvalue weighted by Crippen LogP contribution is 2.17. The van der Waals surface area contributed by atoms with Gasteiger partial charge in [-0.1, -0.05) is 31.9 Å². The molecule has 0 atom stereocenters. The standard InChI is InChI=1S/C16H19FN4O/c1-2-3-6-11-18-16(22)14-9-10-15(21-20-14)19-13-8-5-4-7-12(13)17/h4-5,7-10H,2-3,6,11H2,1H3,(H,18,22)(H,19,21). The number of hydrogen-bond donors (Lipinski definition) is 2. The first kappa shape index (κ1) is 15.9. The van der Waals surface area contributed by atoms with Crippen LogP contribution in [0.4, 0.5) is 15.9 Å². The molecule has 0 bridgehead atoms. The molecule has 0 fully saturated rings. The molecule has 1 aromatic carbocycles. The molecule has 0 saturated heterocycles. The summed E-state index contributed by atoms with van der Waals surface area (Å²) in [5.41, 5.74) is 0.559. The Bertz CT molecular complexity index is 616. The molecule has 22 heavy (non-hydrogen) atoms. The van der Waals surface area contributed by atoms with Crippen LogP contribution in [-0.4, -0.2) is 22.6 Å². The number of nitrogens with zero attached hydrogens (tertiary/aromatic N) is 2. The van der Waals surface area contributed by atoms with E-state index < -0.39 is 0 Å². The fourth-order valence-electron chi connectivity index (χ4n) is 1.89. The number of para-hydroxylation sites is 1. The molecule has 2 N–H and O–H groups in total. The zero-order chi connectivity index (χ0) is 15.8. The summed E-state index contributed by atoms with van der Waals surface area (Å²) in [5, 5.41) is 13.4. The highest BCUT2D eigenvalue weighted by molar-refractivity contribution is 5.92. The van der Waals surface area contributed by atoms with Crippen molar-refractivity contribution in [1.29, 1.82) is 0 Å². The maximum atomic E-state index is 13.5. The van der Waals surface area contributed by atoms with Crippen molar-refractivity contribution in [2.45, 2.75) is 26.2 Å². The first-order valence-electron chi connectivity index (χ1n) is 7.34. The molecule has 0 aliphatic carbocycles. The number of aromatic nitrogens is 2. The minimum absolute atomic E-state index is 0.246. The minimum atomic E-state index is -0.373. The molecule has 0 saturated carbocycles. The predicted octanol–water partition coefficient (Wildman–Crippen LogP) is 3.28. The van der Waals surface area contributed by atoms with E-state index in [1.807, 2.05) is 0 Å². The van der Waals surface area contributed by atoms with Crippen molar-refractivity contribution in [1.82, 2.24) is 15.5 Å². The fourth-order valence-corrected chi connectivity index (χ4v) is 1.89. The zero-order valence-electron chi connectivity index (χ0n) is 12.5. The van der Waals surface area contributed by atoms with Crippen LogP contribution in [0.2, 0.25) is 0 Å². The SMILES string of the molecule is CCCCCNC(=O)c1ccc(Nc2ccccc2F)nn1. The molecule has 1 aromatic heterocycles. The summed E-state index contributed by atoms with van der Waals surface area (Å²) in [6.45, 7) is 2.73. The molecule has 2 aromatic rings. The van der Waals surface area contributed by atoms with Crippen LogP contribution >= 0.6 is 0 Å². The number of nitrogens with one attached hydrogen (secondary N) is 2. The van der Waals surface area contributed by atoms with E-state index in [1.54, 1.807) is 30.3 Å². The Morgan fingerprint density at radius 2 is 1.95 bits per heavy atom. The van der Waals surface area contributed by atoms with Gasteiger partial charge in [0.15, 0.2) is 11.5 Å². The van der Waals surface area contributed by atoms with Gasteiger partial charge in [-0.2, -0.15) is 0 Å². The zero-order valence-corrected chi connectivity index (χ0v) is 12.5. The van der Waals surface area contributed by atoms with Crippen molar-refractivity contribution in [2.75, 3.05) is 11.9 Å². The lowest BCUT2D eigenvalue weighted by Gasteiger charge is -2.07. The summed E-state index contributed by atoms with van der Waals surface area (Å²) in [7, 11) is 0. The van der Waals surface area contributed by atoms with Crippen molar-refractivity contribution in [3.63, 3.8) is 0 Å². The quantitative estimate of drug-likeness (QED) is 0.770. The summed E-state index contributed by atoms with van der Waals surface area (Å²) in [5.74, 6) is -0.240. The van der Waals surface area contributed by atoms with Gasteiger partial charge in [0.05, 0.1) is 5.69 Å². The molecule has 0 unspecified atom stereocenters. The maximum absolute atomic E-state index is 13.5. The molecule has 0 aliphatic rings. The molecular formula is C16H19FN4O. The molecule has 1 heterocycles. The van der Waals surface area contributed by atoms with Crippen LogP contribution < -0.4 is 10.6 Å². The summed E-state index contributed by atoms with van der Waals surface area (Å²) in [6, 6.07) is 9.44. The van der Waals surface area contributed by atoms with Crippen LogP contribution in [0.3, 0.4) is 0 Å². The number of amides is 1. The number of halogens is 1. The van der Waals surface area contributed by atoms with E-state index in [9.17, 15) is 9.18 Å². The second-order valence-electron chi connectivity index (χ2n) is 4.87. The number of benzene rings is 1. The smallest absolute Gasteiger partial charge is 0.271 e. The number of rotatable bonds is 7. The van der Waals surface area contributed by atoms with Gasteiger partial charge in [-0.05, 0) is 30.7 Å². The molecule has 1 amide bonds. The van der Waals surface area contributed by atoms with Gasteiger partial charge in [0.2, 0.25) is 0 Å². The van der Waals surface area contributed by atoms with Crippen molar-refractivity contribution in [3.05, 3.63) is 47.9 Å². The van der Waals surface area contributed by atoms with Crippen molar-refractivity contribution >= 4 is 17.4 Å². The van der Waals surface area contributed by atoms with E-state index in [0.29, 0.717) is 18.1 Å². The number of unbranched alkanes of at least 4 members (excludes halogenated alkanes) is 2. The molecule has 5 nitrogen and oxygen atoms in total. The van der Waals surface area contributed by atoms with Crippen LogP contribution in [0, 0.1) is 5.82 Å². The Labute approximate surface area is 129 Å². The second-order valence-corrected chi connectivity index (χ2v) is 4.87. The van der Waals surface area contributed by atoms with Gasteiger partial charge in [-0.15, -0.1) is 10.2 Å². The van der Waals surface area contributed by atoms with E-state index in [1.165, 1.54) is 6.07 Å². The second kappa shape index (κ2) is 8.07. The highest BCUT2D eigenvalue weighted by Gasteiger charge is 2.08. The first-order chi connectivity index (χ1) is 10.7. The first-order valence-corrected chi connectivity index (χ1v) is 7.34. The van der Waals surface area contributed by atoms with Gasteiger partial charge < -0.3 is 10.6 Å². The number of carbonyl (C=O) groups excluding carboxylic acids is 1.